The molecule has 0 aliphatic rings. The van der Waals surface area contributed by atoms with Crippen molar-refractivity contribution in [3.63, 3.8) is 0 Å². The molecule has 1 atom stereocenters. The van der Waals surface area contributed by atoms with Crippen LogP contribution in [0.4, 0.5) is 18.0 Å². The van der Waals surface area contributed by atoms with E-state index in [1.54, 1.807) is 6.07 Å². The Bertz CT molecular complexity index is 993. The van der Waals surface area contributed by atoms with Gasteiger partial charge in [0.2, 0.25) is 15.6 Å². The molecule has 0 spiro atoms. The molecule has 0 aliphatic carbocycles. The highest BCUT2D eigenvalue weighted by Gasteiger charge is 2.57. The Balaban J connectivity index is 1.95. The highest BCUT2D eigenvalue weighted by Crippen LogP contribution is 2.40. The molecule has 4 N–H and O–H groups in total. The Hall–Kier alpha value is -2.64. The van der Waals surface area contributed by atoms with Crippen molar-refractivity contribution in [2.45, 2.75) is 29.6 Å². The average molecular weight is 449 g/mol. The van der Waals surface area contributed by atoms with Crippen LogP contribution in [0.1, 0.15) is 17.8 Å². The number of imidazole rings is 1. The summed E-state index contributed by atoms with van der Waals surface area (Å²) in [6.45, 7) is -0.537. The third kappa shape index (κ3) is 5.29. The predicted octanol–water partition coefficient (Wildman–Crippen LogP) is 0.968. The van der Waals surface area contributed by atoms with Crippen LogP contribution in [0.15, 0.2) is 41.6 Å². The third-order valence-corrected chi connectivity index (χ3v) is 5.77. The van der Waals surface area contributed by atoms with E-state index in [1.807, 2.05) is 0 Å². The van der Waals surface area contributed by atoms with Gasteiger partial charge in [-0.2, -0.15) is 13.2 Å². The number of halogens is 3. The fraction of sp³-hybridized carbons (Fsp3) is 0.412. The molecule has 1 aromatic heterocycles. The summed E-state index contributed by atoms with van der Waals surface area (Å²) < 4.78 is 67.1. The van der Waals surface area contributed by atoms with Crippen molar-refractivity contribution in [2.75, 3.05) is 13.6 Å². The summed E-state index contributed by atoms with van der Waals surface area (Å²) in [5, 5.41) is 14.9. The van der Waals surface area contributed by atoms with E-state index in [0.717, 1.165) is 10.8 Å². The molecule has 0 radical (unpaired) electrons. The van der Waals surface area contributed by atoms with Gasteiger partial charge in [0.1, 0.15) is 5.82 Å². The molecular weight excluding hydrogens is 427 g/mol. The second-order valence-electron chi connectivity index (χ2n) is 6.43. The Labute approximate surface area is 171 Å². The molecule has 1 aromatic carbocycles. The van der Waals surface area contributed by atoms with Crippen molar-refractivity contribution in [3.8, 4) is 0 Å². The van der Waals surface area contributed by atoms with Gasteiger partial charge in [0.25, 0.3) is 0 Å². The zero-order chi connectivity index (χ0) is 22.6. The number of hydrogen-bond acceptors (Lipinski definition) is 5. The number of sulfonamides is 1. The number of benzene rings is 1. The number of hydrogen-bond donors (Lipinski definition) is 4. The maximum atomic E-state index is 13.4. The van der Waals surface area contributed by atoms with Gasteiger partial charge < -0.3 is 20.3 Å². The van der Waals surface area contributed by atoms with E-state index >= 15 is 0 Å². The van der Waals surface area contributed by atoms with Gasteiger partial charge in [-0.05, 0) is 24.7 Å². The number of aromatic nitrogens is 2. The second kappa shape index (κ2) is 9.02. The Morgan fingerprint density at radius 1 is 1.27 bits per heavy atom. The molecule has 2 aromatic rings. The van der Waals surface area contributed by atoms with Crippen molar-refractivity contribution in [1.29, 1.82) is 0 Å². The van der Waals surface area contributed by atoms with Crippen LogP contribution in [0.3, 0.4) is 0 Å². The minimum Gasteiger partial charge on any atom is -0.374 e. The lowest BCUT2D eigenvalue weighted by Crippen LogP contribution is -2.47. The zero-order valence-electron chi connectivity index (χ0n) is 16.2. The fourth-order valence-corrected chi connectivity index (χ4v) is 3.49. The molecule has 9 nitrogen and oxygen atoms in total. The highest BCUT2D eigenvalue weighted by atomic mass is 32.2. The molecule has 2 amide bonds. The Morgan fingerprint density at radius 2 is 1.97 bits per heavy atom. The summed E-state index contributed by atoms with van der Waals surface area (Å²) in [4.78, 5) is 15.5. The van der Waals surface area contributed by atoms with Crippen molar-refractivity contribution < 1.29 is 31.5 Å². The normalized spacial score (nSPS) is 14.2. The van der Waals surface area contributed by atoms with Gasteiger partial charge in [-0.1, -0.05) is 12.1 Å². The number of urea groups is 1. The molecule has 166 valence electrons. The maximum absolute atomic E-state index is 13.4. The molecule has 30 heavy (non-hydrogen) atoms. The summed E-state index contributed by atoms with van der Waals surface area (Å²) in [6.07, 6.45) is -3.43. The van der Waals surface area contributed by atoms with Crippen molar-refractivity contribution >= 4 is 16.1 Å². The fourth-order valence-electron chi connectivity index (χ4n) is 2.69. The summed E-state index contributed by atoms with van der Waals surface area (Å²) >= 11 is 0. The van der Waals surface area contributed by atoms with Crippen molar-refractivity contribution in [2.24, 2.45) is 7.05 Å². The number of nitrogens with one attached hydrogen (secondary N) is 3. The maximum Gasteiger partial charge on any atom is 0.424 e. The number of aryl methyl sites for hydroxylation is 1. The predicted molar refractivity (Wildman–Crippen MR) is 101 cm³/mol. The quantitative estimate of drug-likeness (QED) is 0.478. The first-order valence-electron chi connectivity index (χ1n) is 8.72. The third-order valence-electron chi connectivity index (χ3n) is 4.36. The monoisotopic (exact) mass is 449 g/mol. The molecule has 0 aliphatic heterocycles. The molecule has 2 rings (SSSR count). The van der Waals surface area contributed by atoms with E-state index in [9.17, 15) is 31.5 Å². The second-order valence-corrected chi connectivity index (χ2v) is 8.32. The first kappa shape index (κ1) is 23.6. The van der Waals surface area contributed by atoms with Gasteiger partial charge in [-0.25, -0.2) is 22.9 Å². The van der Waals surface area contributed by atoms with Gasteiger partial charge >= 0.3 is 12.2 Å². The van der Waals surface area contributed by atoms with Crippen molar-refractivity contribution in [3.05, 3.63) is 48.0 Å². The molecule has 0 saturated heterocycles. The van der Waals surface area contributed by atoms with E-state index in [0.29, 0.717) is 5.56 Å². The molecule has 1 heterocycles. The molecule has 1 unspecified atom stereocenters. The van der Waals surface area contributed by atoms with Crippen LogP contribution in [-0.4, -0.2) is 48.9 Å². The van der Waals surface area contributed by atoms with E-state index in [4.69, 9.17) is 0 Å². The van der Waals surface area contributed by atoms with Crippen LogP contribution < -0.4 is 15.4 Å². The van der Waals surface area contributed by atoms with E-state index in [-0.39, 0.29) is 11.4 Å². The SMILES string of the molecule is CNS(=O)(=O)c1cccc(CNC(=O)NCCC(O)(c2nccn2C)C(F)(F)F)c1. The Morgan fingerprint density at radius 3 is 2.53 bits per heavy atom. The molecule has 0 saturated carbocycles. The standard InChI is InChI=1S/C17H22F3N5O4S/c1-21-30(28,29)13-5-3-4-12(10-13)11-24-15(26)23-7-6-16(27,17(18,19)20)14-22-8-9-25(14)2/h3-5,8-10,21,27H,6-7,11H2,1-2H3,(H2,23,24,26). The summed E-state index contributed by atoms with van der Waals surface area (Å²) in [5.74, 6) is -0.584. The highest BCUT2D eigenvalue weighted by molar-refractivity contribution is 7.89. The molecule has 0 bridgehead atoms. The van der Waals surface area contributed by atoms with Crippen LogP contribution in [-0.2, 0) is 29.2 Å². The lowest BCUT2D eigenvalue weighted by atomic mass is 9.97. The summed E-state index contributed by atoms with van der Waals surface area (Å²) in [7, 11) is -1.06. The number of alkyl halides is 3. The minimum atomic E-state index is -5.00. The van der Waals surface area contributed by atoms with Gasteiger partial charge in [-0.3, -0.25) is 0 Å². The van der Waals surface area contributed by atoms with Gasteiger partial charge in [0.15, 0.2) is 0 Å². The van der Waals surface area contributed by atoms with Gasteiger partial charge in [0, 0.05) is 39.0 Å². The number of nitrogens with zero attached hydrogens (tertiary/aromatic N) is 2. The average Bonchev–Trinajstić information content (AvgIpc) is 3.12. The first-order valence-corrected chi connectivity index (χ1v) is 10.2. The molecule has 13 heteroatoms. The number of aliphatic hydroxyl groups is 1. The van der Waals surface area contributed by atoms with E-state index in [2.05, 4.69) is 20.3 Å². The first-order chi connectivity index (χ1) is 13.9. The number of carbonyl (C=O) groups is 1. The van der Waals surface area contributed by atoms with Crippen molar-refractivity contribution in [1.82, 2.24) is 24.9 Å². The van der Waals surface area contributed by atoms with Gasteiger partial charge in [-0.15, -0.1) is 0 Å². The Kier molecular flexibility index (Phi) is 7.10. The van der Waals surface area contributed by atoms with Crippen LogP contribution in [0, 0.1) is 0 Å². The summed E-state index contributed by atoms with van der Waals surface area (Å²) in [5.41, 5.74) is -2.75. The van der Waals surface area contributed by atoms with E-state index in [1.165, 1.54) is 38.5 Å². The zero-order valence-corrected chi connectivity index (χ0v) is 17.0. The van der Waals surface area contributed by atoms with E-state index < -0.39 is 46.6 Å². The van der Waals surface area contributed by atoms with Crippen LogP contribution in [0.2, 0.25) is 0 Å². The van der Waals surface area contributed by atoms with Crippen LogP contribution in [0.25, 0.3) is 0 Å². The lowest BCUT2D eigenvalue weighted by molar-refractivity contribution is -0.272. The van der Waals surface area contributed by atoms with Crippen LogP contribution >= 0.6 is 0 Å². The number of rotatable bonds is 8. The van der Waals surface area contributed by atoms with Gasteiger partial charge in [0.05, 0.1) is 4.90 Å². The molecule has 0 fully saturated rings. The number of amides is 2. The smallest absolute Gasteiger partial charge is 0.374 e. The number of carbonyl (C=O) groups excluding carboxylic acids is 1. The largest absolute Gasteiger partial charge is 0.424 e. The topological polar surface area (TPSA) is 125 Å². The lowest BCUT2D eigenvalue weighted by Gasteiger charge is -2.29. The molecular formula is C17H22F3N5O4S. The minimum absolute atomic E-state index is 0.00928. The summed E-state index contributed by atoms with van der Waals surface area (Å²) in [6, 6.07) is 5.04. The van der Waals surface area contributed by atoms with Crippen LogP contribution in [0.5, 0.6) is 0 Å².